The van der Waals surface area contributed by atoms with Crippen molar-refractivity contribution in [3.05, 3.63) is 194 Å². The Morgan fingerprint density at radius 3 is 1.80 bits per heavy atom. The number of benzene rings is 9. The molecule has 12 rings (SSSR count). The zero-order valence-corrected chi connectivity index (χ0v) is 29.8. The molecule has 0 unspecified atom stereocenters. The Labute approximate surface area is 316 Å². The second kappa shape index (κ2) is 11.6. The van der Waals surface area contributed by atoms with Gasteiger partial charge in [-0.1, -0.05) is 133 Å². The Bertz CT molecular complexity index is 3480. The zero-order valence-electron chi connectivity index (χ0n) is 29.8. The minimum Gasteiger partial charge on any atom is -0.456 e. The molecule has 12 aromatic rings. The maximum absolute atomic E-state index is 6.68. The Balaban J connectivity index is 1.14. The Morgan fingerprint density at radius 2 is 0.945 bits per heavy atom. The summed E-state index contributed by atoms with van der Waals surface area (Å²) in [5.74, 6) is 0. The maximum Gasteiger partial charge on any atom is 0.138 e. The molecule has 55 heavy (non-hydrogen) atoms. The molecular formula is C52H32N2O. The quantitative estimate of drug-likeness (QED) is 0.179. The van der Waals surface area contributed by atoms with Crippen molar-refractivity contribution in [1.29, 1.82) is 0 Å². The van der Waals surface area contributed by atoms with Crippen molar-refractivity contribution in [3.8, 4) is 33.6 Å². The van der Waals surface area contributed by atoms with E-state index in [0.29, 0.717) is 0 Å². The highest BCUT2D eigenvalue weighted by atomic mass is 16.3. The number of nitrogens with zero attached hydrogens (tertiary/aromatic N) is 2. The normalized spacial score (nSPS) is 12.0. The highest BCUT2D eigenvalue weighted by molar-refractivity contribution is 6.16. The molecule has 0 N–H and O–H groups in total. The van der Waals surface area contributed by atoms with Crippen molar-refractivity contribution >= 4 is 76.3 Å². The number of para-hydroxylation sites is 4. The predicted octanol–water partition coefficient (Wildman–Crippen LogP) is 14.3. The molecule has 0 bridgehead atoms. The average Bonchev–Trinajstić information content (AvgIpc) is 3.90. The van der Waals surface area contributed by atoms with Gasteiger partial charge in [-0.05, 0) is 93.7 Å². The third kappa shape index (κ3) is 4.44. The van der Waals surface area contributed by atoms with Crippen LogP contribution in [0.3, 0.4) is 0 Å². The molecule has 0 amide bonds. The number of furan rings is 1. The summed E-state index contributed by atoms with van der Waals surface area (Å²) in [5, 5.41) is 9.60. The third-order valence-electron chi connectivity index (χ3n) is 11.5. The van der Waals surface area contributed by atoms with E-state index >= 15 is 0 Å². The van der Waals surface area contributed by atoms with Gasteiger partial charge in [-0.3, -0.25) is 0 Å². The highest BCUT2D eigenvalue weighted by Crippen LogP contribution is 2.43. The molecule has 3 heteroatoms. The van der Waals surface area contributed by atoms with Gasteiger partial charge in [0.2, 0.25) is 0 Å². The summed E-state index contributed by atoms with van der Waals surface area (Å²) in [6, 6.07) is 70.3. The highest BCUT2D eigenvalue weighted by Gasteiger charge is 2.21. The van der Waals surface area contributed by atoms with E-state index in [9.17, 15) is 0 Å². The van der Waals surface area contributed by atoms with Crippen LogP contribution in [0.2, 0.25) is 0 Å². The number of aromatic nitrogens is 2. The molecule has 3 heterocycles. The van der Waals surface area contributed by atoms with Crippen LogP contribution in [0.1, 0.15) is 0 Å². The zero-order chi connectivity index (χ0) is 36.0. The van der Waals surface area contributed by atoms with Gasteiger partial charge in [0.15, 0.2) is 0 Å². The smallest absolute Gasteiger partial charge is 0.138 e. The van der Waals surface area contributed by atoms with E-state index in [-0.39, 0.29) is 0 Å². The second-order valence-corrected chi connectivity index (χ2v) is 14.5. The molecule has 256 valence electrons. The SMILES string of the molecule is c1ccc(-n2c3ccccc3c3cc(-c4ccc5c6ccccc6n(-c6cc(-c7cccc8ccccc78)cc7oc8ccccc8c67)c5c4)ccc32)cc1. The van der Waals surface area contributed by atoms with E-state index in [1.807, 2.05) is 0 Å². The van der Waals surface area contributed by atoms with Gasteiger partial charge < -0.3 is 13.6 Å². The summed E-state index contributed by atoms with van der Waals surface area (Å²) in [5.41, 5.74) is 13.4. The van der Waals surface area contributed by atoms with Gasteiger partial charge in [0.25, 0.3) is 0 Å². The molecule has 3 aromatic heterocycles. The lowest BCUT2D eigenvalue weighted by Gasteiger charge is -2.14. The largest absolute Gasteiger partial charge is 0.456 e. The van der Waals surface area contributed by atoms with Gasteiger partial charge in [-0.15, -0.1) is 0 Å². The molecule has 9 aromatic carbocycles. The van der Waals surface area contributed by atoms with E-state index in [1.54, 1.807) is 0 Å². The van der Waals surface area contributed by atoms with Crippen molar-refractivity contribution < 1.29 is 4.42 Å². The van der Waals surface area contributed by atoms with Gasteiger partial charge in [0.05, 0.1) is 33.1 Å². The fourth-order valence-electron chi connectivity index (χ4n) is 9.06. The van der Waals surface area contributed by atoms with Crippen molar-refractivity contribution in [3.63, 3.8) is 0 Å². The fourth-order valence-corrected chi connectivity index (χ4v) is 9.06. The summed E-state index contributed by atoms with van der Waals surface area (Å²) in [6.07, 6.45) is 0. The Morgan fingerprint density at radius 1 is 0.327 bits per heavy atom. The molecule has 3 nitrogen and oxygen atoms in total. The van der Waals surface area contributed by atoms with Crippen molar-refractivity contribution in [1.82, 2.24) is 9.13 Å². The first-order chi connectivity index (χ1) is 27.3. The van der Waals surface area contributed by atoms with E-state index < -0.39 is 0 Å². The van der Waals surface area contributed by atoms with Gasteiger partial charge in [-0.2, -0.15) is 0 Å². The molecule has 0 atom stereocenters. The van der Waals surface area contributed by atoms with E-state index in [1.165, 1.54) is 60.0 Å². The first kappa shape index (κ1) is 30.1. The number of rotatable bonds is 4. The van der Waals surface area contributed by atoms with Crippen LogP contribution < -0.4 is 0 Å². The summed E-state index contributed by atoms with van der Waals surface area (Å²) in [4.78, 5) is 0. The van der Waals surface area contributed by atoms with Crippen LogP contribution in [-0.2, 0) is 0 Å². The van der Waals surface area contributed by atoms with Crippen LogP contribution in [0, 0.1) is 0 Å². The molecule has 0 spiro atoms. The predicted molar refractivity (Wildman–Crippen MR) is 231 cm³/mol. The molecular weight excluding hydrogens is 669 g/mol. The topological polar surface area (TPSA) is 23.0 Å². The number of fused-ring (bicyclic) bond motifs is 10. The molecule has 0 fully saturated rings. The van der Waals surface area contributed by atoms with Crippen LogP contribution in [-0.4, -0.2) is 9.13 Å². The number of hydrogen-bond donors (Lipinski definition) is 0. The number of hydrogen-bond acceptors (Lipinski definition) is 1. The molecule has 0 aliphatic carbocycles. The molecule has 0 saturated heterocycles. The van der Waals surface area contributed by atoms with Gasteiger partial charge in [0.1, 0.15) is 11.2 Å². The van der Waals surface area contributed by atoms with E-state index in [4.69, 9.17) is 4.42 Å². The van der Waals surface area contributed by atoms with Crippen LogP contribution in [0.15, 0.2) is 199 Å². The van der Waals surface area contributed by atoms with E-state index in [0.717, 1.165) is 49.9 Å². The monoisotopic (exact) mass is 700 g/mol. The van der Waals surface area contributed by atoms with Gasteiger partial charge >= 0.3 is 0 Å². The van der Waals surface area contributed by atoms with Gasteiger partial charge in [0, 0.05) is 32.6 Å². The van der Waals surface area contributed by atoms with Crippen molar-refractivity contribution in [2.45, 2.75) is 0 Å². The Hall–Kier alpha value is -7.36. The average molecular weight is 701 g/mol. The molecule has 0 saturated carbocycles. The minimum absolute atomic E-state index is 0.879. The third-order valence-corrected chi connectivity index (χ3v) is 11.5. The van der Waals surface area contributed by atoms with Crippen LogP contribution in [0.4, 0.5) is 0 Å². The van der Waals surface area contributed by atoms with Crippen LogP contribution in [0.25, 0.3) is 110 Å². The maximum atomic E-state index is 6.68. The summed E-state index contributed by atoms with van der Waals surface area (Å²) in [6.45, 7) is 0. The van der Waals surface area contributed by atoms with Crippen LogP contribution in [0.5, 0.6) is 0 Å². The lowest BCUT2D eigenvalue weighted by molar-refractivity contribution is 0.669. The summed E-state index contributed by atoms with van der Waals surface area (Å²) >= 11 is 0. The fraction of sp³-hybridized carbons (Fsp3) is 0. The second-order valence-electron chi connectivity index (χ2n) is 14.5. The Kier molecular flexibility index (Phi) is 6.34. The van der Waals surface area contributed by atoms with Crippen molar-refractivity contribution in [2.24, 2.45) is 0 Å². The lowest BCUT2D eigenvalue weighted by atomic mass is 9.96. The first-order valence-electron chi connectivity index (χ1n) is 18.8. The lowest BCUT2D eigenvalue weighted by Crippen LogP contribution is -1.96. The molecule has 0 radical (unpaired) electrons. The summed E-state index contributed by atoms with van der Waals surface area (Å²) < 4.78 is 11.5. The molecule has 0 aliphatic rings. The first-order valence-corrected chi connectivity index (χ1v) is 18.8. The minimum atomic E-state index is 0.879. The van der Waals surface area contributed by atoms with Crippen LogP contribution >= 0.6 is 0 Å². The summed E-state index contributed by atoms with van der Waals surface area (Å²) in [7, 11) is 0. The van der Waals surface area contributed by atoms with Crippen molar-refractivity contribution in [2.75, 3.05) is 0 Å². The standard InChI is InChI=1S/C52H32N2O/c1-2-15-37(16-3-1)53-45-22-9-7-19-41(45)44-29-34(26-28-47(44)53)35-25-27-42-40-18-6-10-23-46(40)54(48(42)30-35)49-31-36(39-21-12-14-33-13-4-5-17-38(33)39)32-51-52(49)43-20-8-11-24-50(43)55-51/h1-32H. The molecule has 0 aliphatic heterocycles. The van der Waals surface area contributed by atoms with E-state index in [2.05, 4.69) is 203 Å². The van der Waals surface area contributed by atoms with Gasteiger partial charge in [-0.25, -0.2) is 0 Å².